The van der Waals surface area contributed by atoms with Crippen molar-refractivity contribution in [2.45, 2.75) is 53.4 Å². The number of aromatic nitrogens is 1. The van der Waals surface area contributed by atoms with Gasteiger partial charge in [-0.3, -0.25) is 4.98 Å². The van der Waals surface area contributed by atoms with E-state index >= 15 is 0 Å². The van der Waals surface area contributed by atoms with Crippen molar-refractivity contribution < 1.29 is 4.39 Å². The number of rotatable bonds is 5. The summed E-state index contributed by atoms with van der Waals surface area (Å²) in [4.78, 5) is 4.59. The van der Waals surface area contributed by atoms with Gasteiger partial charge in [-0.05, 0) is 47.8 Å². The van der Waals surface area contributed by atoms with Gasteiger partial charge in [-0.1, -0.05) is 76.6 Å². The lowest BCUT2D eigenvalue weighted by molar-refractivity contribution is 0.524. The molecule has 1 aromatic carbocycles. The van der Waals surface area contributed by atoms with E-state index in [1.165, 1.54) is 11.8 Å². The zero-order valence-corrected chi connectivity index (χ0v) is 17.1. The van der Waals surface area contributed by atoms with Crippen LogP contribution < -0.4 is 0 Å². The molecule has 0 N–H and O–H groups in total. The first-order valence-electron chi connectivity index (χ1n) is 10.1. The van der Waals surface area contributed by atoms with Crippen LogP contribution in [0.15, 0.2) is 66.7 Å². The van der Waals surface area contributed by atoms with E-state index in [1.54, 1.807) is 6.08 Å². The maximum absolute atomic E-state index is 13.7. The molecule has 2 heteroatoms. The fourth-order valence-electron chi connectivity index (χ4n) is 2.99. The molecule has 0 amide bonds. The minimum absolute atomic E-state index is 0.0427. The van der Waals surface area contributed by atoms with Gasteiger partial charge in [0.2, 0.25) is 0 Å². The van der Waals surface area contributed by atoms with Crippen molar-refractivity contribution in [3.05, 3.63) is 72.4 Å². The van der Waals surface area contributed by atoms with Crippen molar-refractivity contribution in [2.24, 2.45) is 11.8 Å². The molecule has 0 radical (unpaired) electrons. The second kappa shape index (κ2) is 10.8. The van der Waals surface area contributed by atoms with E-state index in [1.807, 2.05) is 30.5 Å². The van der Waals surface area contributed by atoms with E-state index in [9.17, 15) is 4.39 Å². The van der Waals surface area contributed by atoms with E-state index in [2.05, 4.69) is 57.0 Å². The van der Waals surface area contributed by atoms with Crippen LogP contribution in [0.2, 0.25) is 0 Å². The summed E-state index contributed by atoms with van der Waals surface area (Å²) >= 11 is 0. The Balaban J connectivity index is 0.000000465. The van der Waals surface area contributed by atoms with E-state index < -0.39 is 0 Å². The van der Waals surface area contributed by atoms with Crippen molar-refractivity contribution in [3.63, 3.8) is 0 Å². The molecule has 1 nitrogen and oxygen atoms in total. The molecule has 1 aliphatic rings. The maximum Gasteiger partial charge on any atom is 0.101 e. The lowest BCUT2D eigenvalue weighted by atomic mass is 9.84. The van der Waals surface area contributed by atoms with Crippen molar-refractivity contribution in [1.29, 1.82) is 0 Å². The summed E-state index contributed by atoms with van der Waals surface area (Å²) < 4.78 is 13.7. The Morgan fingerprint density at radius 1 is 1.11 bits per heavy atom. The molecule has 27 heavy (non-hydrogen) atoms. The molecule has 0 saturated heterocycles. The largest absolute Gasteiger partial charge is 0.256 e. The molecule has 0 bridgehead atoms. The minimum atomic E-state index is -0.0427. The van der Waals surface area contributed by atoms with Crippen LogP contribution in [-0.2, 0) is 0 Å². The van der Waals surface area contributed by atoms with Gasteiger partial charge < -0.3 is 0 Å². The van der Waals surface area contributed by atoms with Crippen molar-refractivity contribution in [1.82, 2.24) is 4.98 Å². The van der Waals surface area contributed by atoms with E-state index in [0.29, 0.717) is 6.42 Å². The molecule has 0 spiro atoms. The van der Waals surface area contributed by atoms with Crippen LogP contribution >= 0.6 is 0 Å². The highest BCUT2D eigenvalue weighted by Gasteiger charge is 2.22. The summed E-state index contributed by atoms with van der Waals surface area (Å²) in [6.45, 7) is 8.76. The molecule has 0 saturated carbocycles. The fourth-order valence-corrected chi connectivity index (χ4v) is 2.99. The van der Waals surface area contributed by atoms with Crippen LogP contribution in [0.4, 0.5) is 4.39 Å². The van der Waals surface area contributed by atoms with Gasteiger partial charge in [0.15, 0.2) is 0 Å². The monoisotopic (exact) mass is 365 g/mol. The number of pyridine rings is 1. The van der Waals surface area contributed by atoms with Gasteiger partial charge in [0.1, 0.15) is 5.83 Å². The third kappa shape index (κ3) is 6.16. The van der Waals surface area contributed by atoms with E-state index in [4.69, 9.17) is 0 Å². The second-order valence-electron chi connectivity index (χ2n) is 7.43. The van der Waals surface area contributed by atoms with Gasteiger partial charge in [0, 0.05) is 18.0 Å². The topological polar surface area (TPSA) is 12.9 Å². The highest BCUT2D eigenvalue weighted by atomic mass is 19.1. The molecular formula is C25H32FN. The first kappa shape index (κ1) is 21.1. The second-order valence-corrected chi connectivity index (χ2v) is 7.43. The molecule has 2 aromatic rings. The maximum atomic E-state index is 13.7. The molecule has 0 fully saturated rings. The normalized spacial score (nSPS) is 16.9. The quantitative estimate of drug-likeness (QED) is 0.491. The summed E-state index contributed by atoms with van der Waals surface area (Å²) in [5.41, 5.74) is 2.12. The Morgan fingerprint density at radius 2 is 1.85 bits per heavy atom. The number of hydrogen-bond acceptors (Lipinski definition) is 1. The zero-order chi connectivity index (χ0) is 19.6. The Hall–Kier alpha value is -2.22. The highest BCUT2D eigenvalue weighted by Crippen LogP contribution is 2.37. The van der Waals surface area contributed by atoms with E-state index in [0.717, 1.165) is 35.4 Å². The van der Waals surface area contributed by atoms with Gasteiger partial charge in [0.05, 0.1) is 5.69 Å². The number of allylic oxidation sites excluding steroid dienone is 6. The lowest BCUT2D eigenvalue weighted by Crippen LogP contribution is -2.08. The fraction of sp³-hybridized carbons (Fsp3) is 0.400. The molecule has 1 aromatic heterocycles. The zero-order valence-electron chi connectivity index (χ0n) is 17.1. The van der Waals surface area contributed by atoms with Crippen molar-refractivity contribution >= 4 is 16.3 Å². The molecule has 3 rings (SSSR count). The minimum Gasteiger partial charge on any atom is -0.256 e. The predicted molar refractivity (Wildman–Crippen MR) is 116 cm³/mol. The average molecular weight is 366 g/mol. The summed E-state index contributed by atoms with van der Waals surface area (Å²) in [6.07, 6.45) is 13.3. The van der Waals surface area contributed by atoms with Gasteiger partial charge in [-0.25, -0.2) is 4.39 Å². The number of fused-ring (bicyclic) bond motifs is 1. The van der Waals surface area contributed by atoms with Gasteiger partial charge in [-0.15, -0.1) is 0 Å². The third-order valence-corrected chi connectivity index (χ3v) is 4.91. The number of benzene rings is 1. The van der Waals surface area contributed by atoms with Crippen LogP contribution in [0.25, 0.3) is 16.3 Å². The Bertz CT molecular complexity index is 809. The summed E-state index contributed by atoms with van der Waals surface area (Å²) in [6, 6.07) is 10.3. The van der Waals surface area contributed by atoms with Crippen LogP contribution in [0, 0.1) is 11.8 Å². The molecule has 1 atom stereocenters. The molecule has 1 aliphatic carbocycles. The average Bonchev–Trinajstić information content (AvgIpc) is 2.68. The standard InChI is InChI=1S/C20H20FN.C5H12/c1-2-3-4-8-16-14-17(21)10-11-19(16)20-18-9-6-5-7-15(18)12-13-22-20;1-4-5(2)3/h3-7,9-13,16H,2,8,14H2,1H3;5H,4H2,1-3H3. The summed E-state index contributed by atoms with van der Waals surface area (Å²) in [5, 5.41) is 2.31. The lowest BCUT2D eigenvalue weighted by Gasteiger charge is -2.22. The van der Waals surface area contributed by atoms with Crippen LogP contribution in [-0.4, -0.2) is 4.98 Å². The number of halogens is 1. The Morgan fingerprint density at radius 3 is 2.56 bits per heavy atom. The first-order chi connectivity index (χ1) is 13.1. The van der Waals surface area contributed by atoms with Crippen LogP contribution in [0.3, 0.4) is 0 Å². The summed E-state index contributed by atoms with van der Waals surface area (Å²) in [5.74, 6) is 1.000. The molecule has 144 valence electrons. The Kier molecular flexibility index (Phi) is 8.44. The van der Waals surface area contributed by atoms with Crippen LogP contribution in [0.1, 0.15) is 59.1 Å². The van der Waals surface area contributed by atoms with Crippen molar-refractivity contribution in [2.75, 3.05) is 0 Å². The van der Waals surface area contributed by atoms with Crippen LogP contribution in [0.5, 0.6) is 0 Å². The predicted octanol–water partition coefficient (Wildman–Crippen LogP) is 7.90. The third-order valence-electron chi connectivity index (χ3n) is 4.91. The molecule has 0 aliphatic heterocycles. The molecule has 1 unspecified atom stereocenters. The van der Waals surface area contributed by atoms with Crippen molar-refractivity contribution in [3.8, 4) is 0 Å². The Labute approximate surface area is 163 Å². The van der Waals surface area contributed by atoms with Gasteiger partial charge in [0.25, 0.3) is 0 Å². The SMILES string of the molecule is CCC(C)C.CCC=CCC1CC(F)=CC=C1c1nccc2ccccc12. The van der Waals surface area contributed by atoms with E-state index in [-0.39, 0.29) is 11.7 Å². The smallest absolute Gasteiger partial charge is 0.101 e. The highest BCUT2D eigenvalue weighted by molar-refractivity contribution is 5.92. The molecular weight excluding hydrogens is 333 g/mol. The van der Waals surface area contributed by atoms with Gasteiger partial charge >= 0.3 is 0 Å². The molecule has 1 heterocycles. The summed E-state index contributed by atoms with van der Waals surface area (Å²) in [7, 11) is 0. The van der Waals surface area contributed by atoms with Gasteiger partial charge in [-0.2, -0.15) is 0 Å². The number of hydrogen-bond donors (Lipinski definition) is 0. The first-order valence-corrected chi connectivity index (χ1v) is 10.1. The number of nitrogens with zero attached hydrogens (tertiary/aromatic N) is 1.